The van der Waals surface area contributed by atoms with E-state index in [-0.39, 0.29) is 17.0 Å². The number of amides is 2. The zero-order valence-corrected chi connectivity index (χ0v) is 16.6. The molecule has 4 bridgehead atoms. The molecule has 0 spiro atoms. The molecule has 4 nitrogen and oxygen atoms in total. The molecule has 1 N–H and O–H groups in total. The van der Waals surface area contributed by atoms with Crippen LogP contribution < -0.4 is 5.32 Å². The number of piperidine rings is 1. The molecule has 0 aromatic heterocycles. The number of rotatable bonds is 3. The highest BCUT2D eigenvalue weighted by atomic mass is 19.1. The van der Waals surface area contributed by atoms with Gasteiger partial charge in [-0.25, -0.2) is 8.78 Å². The summed E-state index contributed by atoms with van der Waals surface area (Å²) in [4.78, 5) is 27.8. The van der Waals surface area contributed by atoms with Crippen molar-refractivity contribution in [2.45, 2.75) is 57.4 Å². The van der Waals surface area contributed by atoms with Crippen LogP contribution in [0.2, 0.25) is 0 Å². The molecule has 1 aromatic carbocycles. The first-order valence-corrected chi connectivity index (χ1v) is 11.0. The molecule has 4 saturated carbocycles. The summed E-state index contributed by atoms with van der Waals surface area (Å²) in [5.41, 5.74) is -0.263. The summed E-state index contributed by atoms with van der Waals surface area (Å²) in [6.07, 6.45) is 8.51. The lowest BCUT2D eigenvalue weighted by Gasteiger charge is -2.57. The maximum absolute atomic E-state index is 13.8. The van der Waals surface area contributed by atoms with Gasteiger partial charge in [0, 0.05) is 25.2 Å². The van der Waals surface area contributed by atoms with E-state index in [1.54, 1.807) is 0 Å². The molecule has 0 atom stereocenters. The van der Waals surface area contributed by atoms with Gasteiger partial charge in [-0.15, -0.1) is 0 Å². The molecule has 1 aromatic rings. The predicted octanol–water partition coefficient (Wildman–Crippen LogP) is 3.90. The first-order valence-electron chi connectivity index (χ1n) is 11.0. The van der Waals surface area contributed by atoms with Crippen molar-refractivity contribution in [3.05, 3.63) is 35.4 Å². The van der Waals surface area contributed by atoms with Crippen molar-refractivity contribution in [2.75, 3.05) is 13.1 Å². The molecular weight excluding hydrogens is 374 g/mol. The Morgan fingerprint density at radius 1 is 0.966 bits per heavy atom. The van der Waals surface area contributed by atoms with Crippen molar-refractivity contribution in [3.63, 3.8) is 0 Å². The third-order valence-corrected chi connectivity index (χ3v) is 7.79. The highest BCUT2D eigenvalue weighted by Gasteiger charge is 2.55. The van der Waals surface area contributed by atoms with Gasteiger partial charge in [-0.1, -0.05) is 0 Å². The second-order valence-corrected chi connectivity index (χ2v) is 9.86. The van der Waals surface area contributed by atoms with E-state index in [1.165, 1.54) is 25.3 Å². The Kier molecular flexibility index (Phi) is 4.63. The van der Waals surface area contributed by atoms with E-state index in [2.05, 4.69) is 5.32 Å². The Bertz CT molecular complexity index is 797. The minimum atomic E-state index is -0.850. The van der Waals surface area contributed by atoms with E-state index in [4.69, 9.17) is 0 Å². The van der Waals surface area contributed by atoms with Crippen LogP contribution in [-0.2, 0) is 4.79 Å². The average molecular weight is 402 g/mol. The number of halogens is 2. The van der Waals surface area contributed by atoms with Gasteiger partial charge in [-0.3, -0.25) is 9.59 Å². The highest BCUT2D eigenvalue weighted by molar-refractivity contribution is 5.94. The third-order valence-electron chi connectivity index (χ3n) is 7.79. The Labute approximate surface area is 170 Å². The third kappa shape index (κ3) is 3.44. The summed E-state index contributed by atoms with van der Waals surface area (Å²) in [5.74, 6) is 0.500. The lowest BCUT2D eigenvalue weighted by molar-refractivity contribution is -0.158. The fourth-order valence-corrected chi connectivity index (χ4v) is 6.87. The van der Waals surface area contributed by atoms with Crippen LogP contribution >= 0.6 is 0 Å². The van der Waals surface area contributed by atoms with Crippen LogP contribution in [0.4, 0.5) is 8.78 Å². The van der Waals surface area contributed by atoms with Crippen molar-refractivity contribution < 1.29 is 18.4 Å². The fraction of sp³-hybridized carbons (Fsp3) is 0.652. The summed E-state index contributed by atoms with van der Waals surface area (Å²) < 4.78 is 26.9. The first kappa shape index (κ1) is 19.0. The molecule has 4 aliphatic carbocycles. The number of nitrogens with zero attached hydrogens (tertiary/aromatic N) is 1. The van der Waals surface area contributed by atoms with Crippen LogP contribution in [-0.4, -0.2) is 35.8 Å². The standard InChI is InChI=1S/C23H28F2N2O2/c24-17-1-2-19(20(25)10-17)21(28)26-18-3-5-27(6-4-18)22(29)23-11-14-7-15(12-23)9-16(8-14)13-23/h1-2,10,14-16,18H,3-9,11-13H2,(H,26,28). The molecule has 0 radical (unpaired) electrons. The number of likely N-dealkylation sites (tertiary alicyclic amines) is 1. The molecule has 6 rings (SSSR count). The van der Waals surface area contributed by atoms with Gasteiger partial charge in [0.05, 0.1) is 11.0 Å². The van der Waals surface area contributed by atoms with E-state index in [1.807, 2.05) is 4.90 Å². The molecule has 2 amide bonds. The van der Waals surface area contributed by atoms with E-state index >= 15 is 0 Å². The van der Waals surface area contributed by atoms with E-state index in [9.17, 15) is 18.4 Å². The van der Waals surface area contributed by atoms with Gasteiger partial charge in [-0.2, -0.15) is 0 Å². The van der Waals surface area contributed by atoms with E-state index in [0.717, 1.165) is 49.1 Å². The quantitative estimate of drug-likeness (QED) is 0.834. The summed E-state index contributed by atoms with van der Waals surface area (Å²) in [6, 6.07) is 2.89. The molecule has 0 unspecified atom stereocenters. The molecule has 1 saturated heterocycles. The van der Waals surface area contributed by atoms with Crippen molar-refractivity contribution in [3.8, 4) is 0 Å². The van der Waals surface area contributed by atoms with Crippen LogP contribution in [0, 0.1) is 34.8 Å². The van der Waals surface area contributed by atoms with Gasteiger partial charge in [0.1, 0.15) is 11.6 Å². The Hall–Kier alpha value is -1.98. The molecule has 6 heteroatoms. The van der Waals surface area contributed by atoms with Gasteiger partial charge in [0.25, 0.3) is 5.91 Å². The van der Waals surface area contributed by atoms with Gasteiger partial charge in [0.2, 0.25) is 5.91 Å². The van der Waals surface area contributed by atoms with Crippen LogP contribution in [0.5, 0.6) is 0 Å². The largest absolute Gasteiger partial charge is 0.349 e. The zero-order valence-electron chi connectivity index (χ0n) is 16.6. The number of benzene rings is 1. The summed E-state index contributed by atoms with van der Waals surface area (Å²) >= 11 is 0. The molecule has 156 valence electrons. The Morgan fingerprint density at radius 2 is 1.55 bits per heavy atom. The second-order valence-electron chi connectivity index (χ2n) is 9.86. The topological polar surface area (TPSA) is 49.4 Å². The predicted molar refractivity (Wildman–Crippen MR) is 104 cm³/mol. The van der Waals surface area contributed by atoms with Crippen molar-refractivity contribution in [1.82, 2.24) is 10.2 Å². The maximum atomic E-state index is 13.8. The van der Waals surface area contributed by atoms with Crippen LogP contribution in [0.1, 0.15) is 61.7 Å². The van der Waals surface area contributed by atoms with Crippen LogP contribution in [0.25, 0.3) is 0 Å². The molecular formula is C23H28F2N2O2. The lowest BCUT2D eigenvalue weighted by atomic mass is 9.49. The lowest BCUT2D eigenvalue weighted by Crippen LogP contribution is -2.56. The van der Waals surface area contributed by atoms with E-state index in [0.29, 0.717) is 31.8 Å². The second kappa shape index (κ2) is 7.06. The van der Waals surface area contributed by atoms with Crippen molar-refractivity contribution in [2.24, 2.45) is 23.2 Å². The summed E-state index contributed by atoms with van der Waals surface area (Å²) in [6.45, 7) is 1.27. The molecule has 1 aliphatic heterocycles. The average Bonchev–Trinajstić information content (AvgIpc) is 2.67. The van der Waals surface area contributed by atoms with Gasteiger partial charge in [-0.05, 0) is 81.3 Å². The SMILES string of the molecule is O=C(NC1CCN(C(=O)C23CC4CC(CC(C4)C2)C3)CC1)c1ccc(F)cc1F. The zero-order chi connectivity index (χ0) is 20.2. The fourth-order valence-electron chi connectivity index (χ4n) is 6.87. The first-order chi connectivity index (χ1) is 13.9. The molecule has 29 heavy (non-hydrogen) atoms. The monoisotopic (exact) mass is 402 g/mol. The number of hydrogen-bond donors (Lipinski definition) is 1. The van der Waals surface area contributed by atoms with Crippen molar-refractivity contribution in [1.29, 1.82) is 0 Å². The maximum Gasteiger partial charge on any atom is 0.254 e. The number of carbonyl (C=O) groups is 2. The smallest absolute Gasteiger partial charge is 0.254 e. The Morgan fingerprint density at radius 3 is 2.10 bits per heavy atom. The van der Waals surface area contributed by atoms with Gasteiger partial charge < -0.3 is 10.2 Å². The summed E-state index contributed by atoms with van der Waals surface area (Å²) in [7, 11) is 0. The minimum Gasteiger partial charge on any atom is -0.349 e. The van der Waals surface area contributed by atoms with Gasteiger partial charge in [0.15, 0.2) is 0 Å². The van der Waals surface area contributed by atoms with Crippen LogP contribution in [0.15, 0.2) is 18.2 Å². The normalized spacial score (nSPS) is 33.7. The summed E-state index contributed by atoms with van der Waals surface area (Å²) in [5, 5.41) is 2.85. The van der Waals surface area contributed by atoms with E-state index < -0.39 is 17.5 Å². The van der Waals surface area contributed by atoms with Crippen LogP contribution in [0.3, 0.4) is 0 Å². The van der Waals surface area contributed by atoms with Crippen molar-refractivity contribution >= 4 is 11.8 Å². The van der Waals surface area contributed by atoms with Gasteiger partial charge >= 0.3 is 0 Å². The highest BCUT2D eigenvalue weighted by Crippen LogP contribution is 2.60. The molecule has 5 aliphatic rings. The minimum absolute atomic E-state index is 0.0904. The Balaban J connectivity index is 1.19. The number of nitrogens with one attached hydrogen (secondary N) is 1. The molecule has 5 fully saturated rings. The number of hydrogen-bond acceptors (Lipinski definition) is 2. The molecule has 1 heterocycles. The number of carbonyl (C=O) groups excluding carboxylic acids is 2.